The maximum atomic E-state index is 9.61. The third-order valence-electron chi connectivity index (χ3n) is 10.8. The molecule has 11 rings (SSSR count). The zero-order valence-electron chi connectivity index (χ0n) is 39.1. The van der Waals surface area contributed by atoms with Crippen LogP contribution in [0, 0.1) is 0 Å². The second-order valence-electron chi connectivity index (χ2n) is 14.2. The molecule has 11 aromatic rings. The summed E-state index contributed by atoms with van der Waals surface area (Å²) in [6.07, 6.45) is 0. The predicted molar refractivity (Wildman–Crippen MR) is 245 cm³/mol. The zero-order valence-corrected chi connectivity index (χ0v) is 31.1. The first-order valence-corrected chi connectivity index (χ1v) is 19.2. The Labute approximate surface area is 348 Å². The van der Waals surface area contributed by atoms with Crippen molar-refractivity contribution in [3.8, 4) is 44.5 Å². The minimum atomic E-state index is -0.406. The third kappa shape index (κ3) is 5.91. The lowest BCUT2D eigenvalue weighted by Gasteiger charge is -2.26. The van der Waals surface area contributed by atoms with Gasteiger partial charge < -0.3 is 9.32 Å². The molecule has 0 saturated carbocycles. The second kappa shape index (κ2) is 14.1. The molecule has 58 heavy (non-hydrogen) atoms. The van der Waals surface area contributed by atoms with Gasteiger partial charge in [0, 0.05) is 33.2 Å². The Morgan fingerprint density at radius 3 is 1.67 bits per heavy atom. The quantitative estimate of drug-likeness (QED) is 0.161. The molecule has 0 aliphatic carbocycles. The molecule has 2 nitrogen and oxygen atoms in total. The highest BCUT2D eigenvalue weighted by Crippen LogP contribution is 2.42. The van der Waals surface area contributed by atoms with Gasteiger partial charge in [0.15, 0.2) is 0 Å². The molecule has 0 aliphatic heterocycles. The molecule has 2 heteroatoms. The largest absolute Gasteiger partial charge is 0.455 e. The average Bonchev–Trinajstić information content (AvgIpc) is 3.75. The number of rotatable bonds is 7. The lowest BCUT2D eigenvalue weighted by atomic mass is 9.97. The van der Waals surface area contributed by atoms with Crippen molar-refractivity contribution in [1.82, 2.24) is 0 Å². The van der Waals surface area contributed by atoms with Crippen LogP contribution < -0.4 is 4.90 Å². The van der Waals surface area contributed by atoms with Crippen LogP contribution >= 0.6 is 0 Å². The molecule has 0 aliphatic rings. The van der Waals surface area contributed by atoms with Crippen LogP contribution in [0.2, 0.25) is 0 Å². The summed E-state index contributed by atoms with van der Waals surface area (Å²) in [6, 6.07) is 52.7. The Bertz CT molecular complexity index is 3690. The number of nitrogens with zero attached hydrogens (tertiary/aromatic N) is 1. The fraction of sp³-hybridized carbons (Fsp3) is 0. The molecule has 1 heterocycles. The maximum absolute atomic E-state index is 9.61. The number of furan rings is 1. The Morgan fingerprint density at radius 2 is 0.914 bits per heavy atom. The fourth-order valence-corrected chi connectivity index (χ4v) is 8.00. The van der Waals surface area contributed by atoms with E-state index >= 15 is 0 Å². The van der Waals surface area contributed by atoms with Gasteiger partial charge in [-0.2, -0.15) is 0 Å². The SMILES string of the molecule is [2H]c1c([2H])c(N(c2ccc(-c3cccc4oc5c6ccccc6ccc5c34)cc2)c2c([2H])c([2H])c(-c3cccc4ccccc34)c([2H])c2[2H])c([2H])c([2H])c1-c1cccc(-c2ccccc2)c1. The van der Waals surface area contributed by atoms with Crippen LogP contribution in [0.1, 0.15) is 11.0 Å². The van der Waals surface area contributed by atoms with Crippen molar-refractivity contribution in [2.75, 3.05) is 4.90 Å². The Morgan fingerprint density at radius 1 is 0.345 bits per heavy atom. The molecular weight excluding hydrogens is 703 g/mol. The lowest BCUT2D eigenvalue weighted by molar-refractivity contribution is 0.673. The van der Waals surface area contributed by atoms with Crippen LogP contribution in [-0.4, -0.2) is 0 Å². The van der Waals surface area contributed by atoms with Gasteiger partial charge in [0.2, 0.25) is 0 Å². The Kier molecular flexibility index (Phi) is 6.38. The van der Waals surface area contributed by atoms with Crippen LogP contribution in [0.5, 0.6) is 0 Å². The maximum Gasteiger partial charge on any atom is 0.143 e. The number of hydrogen-bond donors (Lipinski definition) is 0. The van der Waals surface area contributed by atoms with Gasteiger partial charge in [-0.3, -0.25) is 0 Å². The van der Waals surface area contributed by atoms with Gasteiger partial charge in [-0.15, -0.1) is 0 Å². The molecule has 0 fully saturated rings. The first-order chi connectivity index (χ1) is 32.1. The van der Waals surface area contributed by atoms with Gasteiger partial charge in [0.25, 0.3) is 0 Å². The average molecular weight is 748 g/mol. The van der Waals surface area contributed by atoms with E-state index < -0.39 is 24.2 Å². The lowest BCUT2D eigenvalue weighted by Crippen LogP contribution is -2.09. The molecule has 0 bridgehead atoms. The summed E-state index contributed by atoms with van der Waals surface area (Å²) in [7, 11) is 0. The highest BCUT2D eigenvalue weighted by molar-refractivity contribution is 6.19. The Hall–Kier alpha value is -7.68. The van der Waals surface area contributed by atoms with Crippen LogP contribution in [0.25, 0.3) is 88.0 Å². The molecule has 0 N–H and O–H groups in total. The second-order valence-corrected chi connectivity index (χ2v) is 14.2. The standard InChI is InChI=1S/C56H37NO/c1-2-11-38(12-3-1)44-16-8-17-45(37-44)39-23-30-46(31-24-39)57(47-32-25-42(26-33-47)50-20-9-15-40-13-4-6-18-49(40)50)48-34-27-43(28-35-48)51-21-10-22-54-55(51)53-36-29-41-14-5-7-19-52(41)56(53)58-54/h1-37H/i23D,24D,25D,26D,30D,31D,32D,33D. The first-order valence-electron chi connectivity index (χ1n) is 23.2. The van der Waals surface area contributed by atoms with Crippen molar-refractivity contribution >= 4 is 60.5 Å². The monoisotopic (exact) mass is 747 g/mol. The minimum absolute atomic E-state index is 0.0981. The van der Waals surface area contributed by atoms with E-state index in [0.29, 0.717) is 16.8 Å². The molecule has 0 radical (unpaired) electrons. The van der Waals surface area contributed by atoms with Crippen molar-refractivity contribution < 1.29 is 15.4 Å². The normalized spacial score (nSPS) is 13.4. The molecular formula is C56H37NO. The summed E-state index contributed by atoms with van der Waals surface area (Å²) < 4.78 is 82.8. The molecule has 0 atom stereocenters. The van der Waals surface area contributed by atoms with Gasteiger partial charge in [-0.1, -0.05) is 170 Å². The smallest absolute Gasteiger partial charge is 0.143 e. The topological polar surface area (TPSA) is 16.4 Å². The van der Waals surface area contributed by atoms with E-state index in [4.69, 9.17) is 4.42 Å². The summed E-state index contributed by atoms with van der Waals surface area (Å²) in [5, 5.41) is 5.60. The molecule has 0 spiro atoms. The van der Waals surface area contributed by atoms with Crippen LogP contribution in [0.15, 0.2) is 229 Å². The van der Waals surface area contributed by atoms with Gasteiger partial charge in [-0.25, -0.2) is 0 Å². The summed E-state index contributed by atoms with van der Waals surface area (Å²) in [5.41, 5.74) is 6.13. The summed E-state index contributed by atoms with van der Waals surface area (Å²) in [6.45, 7) is 0. The Balaban J connectivity index is 1.12. The van der Waals surface area contributed by atoms with Gasteiger partial charge in [0.05, 0.1) is 11.0 Å². The third-order valence-corrected chi connectivity index (χ3v) is 10.8. The van der Waals surface area contributed by atoms with Crippen LogP contribution in [-0.2, 0) is 0 Å². The van der Waals surface area contributed by atoms with Crippen molar-refractivity contribution in [3.05, 3.63) is 224 Å². The van der Waals surface area contributed by atoms with Crippen molar-refractivity contribution in [3.63, 3.8) is 0 Å². The van der Waals surface area contributed by atoms with Gasteiger partial charge >= 0.3 is 0 Å². The first kappa shape index (κ1) is 26.2. The summed E-state index contributed by atoms with van der Waals surface area (Å²) in [5.74, 6) is 0. The van der Waals surface area contributed by atoms with E-state index in [1.165, 1.54) is 4.90 Å². The van der Waals surface area contributed by atoms with Crippen molar-refractivity contribution in [2.24, 2.45) is 0 Å². The van der Waals surface area contributed by atoms with Crippen molar-refractivity contribution in [2.45, 2.75) is 0 Å². The molecule has 0 saturated heterocycles. The van der Waals surface area contributed by atoms with Crippen LogP contribution in [0.3, 0.4) is 0 Å². The van der Waals surface area contributed by atoms with E-state index in [2.05, 4.69) is 18.2 Å². The van der Waals surface area contributed by atoms with Gasteiger partial charge in [0.1, 0.15) is 11.2 Å². The highest BCUT2D eigenvalue weighted by Gasteiger charge is 2.17. The summed E-state index contributed by atoms with van der Waals surface area (Å²) >= 11 is 0. The number of fused-ring (bicyclic) bond motifs is 6. The van der Waals surface area contributed by atoms with E-state index in [0.717, 1.165) is 65.7 Å². The number of anilines is 3. The van der Waals surface area contributed by atoms with E-state index in [1.807, 2.05) is 133 Å². The van der Waals surface area contributed by atoms with E-state index in [1.54, 1.807) is 24.3 Å². The van der Waals surface area contributed by atoms with Crippen LogP contribution in [0.4, 0.5) is 17.1 Å². The molecule has 1 aromatic heterocycles. The number of benzene rings is 10. The minimum Gasteiger partial charge on any atom is -0.455 e. The molecule has 10 aromatic carbocycles. The summed E-state index contributed by atoms with van der Waals surface area (Å²) in [4.78, 5) is 1.35. The van der Waals surface area contributed by atoms with Crippen molar-refractivity contribution in [1.29, 1.82) is 0 Å². The fourth-order valence-electron chi connectivity index (χ4n) is 8.00. The highest BCUT2D eigenvalue weighted by atomic mass is 16.3. The van der Waals surface area contributed by atoms with E-state index in [9.17, 15) is 11.0 Å². The zero-order chi connectivity index (χ0) is 45.4. The molecule has 0 amide bonds. The number of hydrogen-bond acceptors (Lipinski definition) is 2. The van der Waals surface area contributed by atoms with E-state index in [-0.39, 0.29) is 46.7 Å². The molecule has 272 valence electrons. The predicted octanol–water partition coefficient (Wildman–Crippen LogP) is 16.0. The van der Waals surface area contributed by atoms with Gasteiger partial charge in [-0.05, 0) is 115 Å². The molecule has 0 unspecified atom stereocenters.